The predicted octanol–water partition coefficient (Wildman–Crippen LogP) is 3.21. The monoisotopic (exact) mass is 572 g/mol. The van der Waals surface area contributed by atoms with Crippen molar-refractivity contribution in [3.05, 3.63) is 65.5 Å². The Balaban J connectivity index is 0.00000385. The van der Waals surface area contributed by atoms with Crippen LogP contribution in [-0.4, -0.2) is 71.1 Å². The van der Waals surface area contributed by atoms with Crippen molar-refractivity contribution in [2.24, 2.45) is 4.99 Å². The first-order chi connectivity index (χ1) is 15.7. The number of methoxy groups -OCH3 is 1. The molecule has 2 N–H and O–H groups in total. The van der Waals surface area contributed by atoms with Gasteiger partial charge in [0.15, 0.2) is 5.96 Å². The molecule has 1 fully saturated rings. The number of rotatable bonds is 10. The fraction of sp³-hybridized carbons (Fsp3) is 0.458. The highest BCUT2D eigenvalue weighted by Gasteiger charge is 2.23. The molecule has 0 aromatic heterocycles. The van der Waals surface area contributed by atoms with Crippen LogP contribution in [0.25, 0.3) is 0 Å². The van der Waals surface area contributed by atoms with Crippen molar-refractivity contribution < 1.29 is 18.6 Å². The standard InChI is InChI=1S/C24H33FN4O3.HI/c1-26-24(27-17-19-4-3-5-22(16-19)32-15-14-30-2)28-18-23(29-10-12-31-13-11-29)20-6-8-21(25)9-7-20;/h3-9,16,23H,10-15,17-18H2,1-2H3,(H2,26,27,28);1H. The normalized spacial score (nSPS) is 15.4. The summed E-state index contributed by atoms with van der Waals surface area (Å²) in [6.07, 6.45) is 0. The molecule has 2 aromatic carbocycles. The molecule has 1 aliphatic heterocycles. The van der Waals surface area contributed by atoms with Crippen LogP contribution in [0.5, 0.6) is 5.75 Å². The van der Waals surface area contributed by atoms with E-state index in [1.807, 2.05) is 36.4 Å². The second-order valence-electron chi connectivity index (χ2n) is 7.51. The van der Waals surface area contributed by atoms with Gasteiger partial charge in [0, 0.05) is 40.3 Å². The molecule has 33 heavy (non-hydrogen) atoms. The van der Waals surface area contributed by atoms with Crippen molar-refractivity contribution in [2.45, 2.75) is 12.6 Å². The molecule has 0 amide bonds. The molecule has 0 bridgehead atoms. The molecule has 1 atom stereocenters. The van der Waals surface area contributed by atoms with Crippen LogP contribution < -0.4 is 15.4 Å². The summed E-state index contributed by atoms with van der Waals surface area (Å²) in [4.78, 5) is 6.71. The van der Waals surface area contributed by atoms with E-state index >= 15 is 0 Å². The summed E-state index contributed by atoms with van der Waals surface area (Å²) in [7, 11) is 3.41. The number of guanidine groups is 1. The van der Waals surface area contributed by atoms with E-state index in [1.165, 1.54) is 12.1 Å². The Bertz CT molecular complexity index is 848. The van der Waals surface area contributed by atoms with E-state index in [1.54, 1.807) is 14.2 Å². The van der Waals surface area contributed by atoms with E-state index in [0.29, 0.717) is 45.5 Å². The van der Waals surface area contributed by atoms with Crippen molar-refractivity contribution >= 4 is 29.9 Å². The van der Waals surface area contributed by atoms with E-state index in [4.69, 9.17) is 14.2 Å². The Morgan fingerprint density at radius 1 is 1.12 bits per heavy atom. The van der Waals surface area contributed by atoms with Crippen LogP contribution >= 0.6 is 24.0 Å². The summed E-state index contributed by atoms with van der Waals surface area (Å²) in [5, 5.41) is 6.78. The summed E-state index contributed by atoms with van der Waals surface area (Å²) in [5.41, 5.74) is 2.16. The van der Waals surface area contributed by atoms with Crippen LogP contribution in [0.2, 0.25) is 0 Å². The van der Waals surface area contributed by atoms with E-state index < -0.39 is 0 Å². The van der Waals surface area contributed by atoms with Gasteiger partial charge in [-0.3, -0.25) is 9.89 Å². The topological polar surface area (TPSA) is 67.4 Å². The number of ether oxygens (including phenoxy) is 3. The number of benzene rings is 2. The lowest BCUT2D eigenvalue weighted by Gasteiger charge is -2.35. The number of hydrogen-bond acceptors (Lipinski definition) is 5. The molecule has 0 radical (unpaired) electrons. The van der Waals surface area contributed by atoms with E-state index in [0.717, 1.165) is 30.0 Å². The zero-order valence-electron chi connectivity index (χ0n) is 19.3. The van der Waals surface area contributed by atoms with Gasteiger partial charge in [0.25, 0.3) is 0 Å². The van der Waals surface area contributed by atoms with Crippen LogP contribution in [0.1, 0.15) is 17.2 Å². The van der Waals surface area contributed by atoms with Gasteiger partial charge in [0.05, 0.1) is 25.9 Å². The zero-order valence-corrected chi connectivity index (χ0v) is 21.6. The fourth-order valence-electron chi connectivity index (χ4n) is 3.62. The molecule has 3 rings (SSSR count). The molecule has 0 saturated carbocycles. The fourth-order valence-corrected chi connectivity index (χ4v) is 3.62. The minimum absolute atomic E-state index is 0. The average molecular weight is 572 g/mol. The molecular weight excluding hydrogens is 538 g/mol. The highest BCUT2D eigenvalue weighted by atomic mass is 127. The number of aliphatic imine (C=N–C) groups is 1. The molecule has 1 heterocycles. The lowest BCUT2D eigenvalue weighted by Crippen LogP contribution is -2.46. The maximum absolute atomic E-state index is 13.4. The van der Waals surface area contributed by atoms with Crippen molar-refractivity contribution in [3.63, 3.8) is 0 Å². The summed E-state index contributed by atoms with van der Waals surface area (Å²) < 4.78 is 29.7. The number of nitrogens with zero attached hydrogens (tertiary/aromatic N) is 2. The number of morpholine rings is 1. The summed E-state index contributed by atoms with van der Waals surface area (Å²) in [5.74, 6) is 1.29. The smallest absolute Gasteiger partial charge is 0.191 e. The highest BCUT2D eigenvalue weighted by Crippen LogP contribution is 2.21. The lowest BCUT2D eigenvalue weighted by atomic mass is 10.0. The third kappa shape index (κ3) is 9.07. The maximum atomic E-state index is 13.4. The van der Waals surface area contributed by atoms with Gasteiger partial charge in [-0.15, -0.1) is 24.0 Å². The Morgan fingerprint density at radius 3 is 2.58 bits per heavy atom. The average Bonchev–Trinajstić information content (AvgIpc) is 2.83. The summed E-state index contributed by atoms with van der Waals surface area (Å²) >= 11 is 0. The molecule has 1 unspecified atom stereocenters. The van der Waals surface area contributed by atoms with Gasteiger partial charge >= 0.3 is 0 Å². The van der Waals surface area contributed by atoms with Gasteiger partial charge in [-0.1, -0.05) is 24.3 Å². The van der Waals surface area contributed by atoms with Crippen LogP contribution in [-0.2, 0) is 16.0 Å². The van der Waals surface area contributed by atoms with Crippen molar-refractivity contribution in [2.75, 3.05) is 60.2 Å². The van der Waals surface area contributed by atoms with Gasteiger partial charge < -0.3 is 24.8 Å². The largest absolute Gasteiger partial charge is 0.491 e. The van der Waals surface area contributed by atoms with Gasteiger partial charge in [-0.2, -0.15) is 0 Å². The Morgan fingerprint density at radius 2 is 1.88 bits per heavy atom. The van der Waals surface area contributed by atoms with Gasteiger partial charge in [-0.25, -0.2) is 4.39 Å². The SMILES string of the molecule is CN=C(NCc1cccc(OCCOC)c1)NCC(c1ccc(F)cc1)N1CCOCC1.I. The minimum Gasteiger partial charge on any atom is -0.491 e. The molecule has 1 saturated heterocycles. The van der Waals surface area contributed by atoms with Crippen LogP contribution in [0.4, 0.5) is 4.39 Å². The predicted molar refractivity (Wildman–Crippen MR) is 139 cm³/mol. The third-order valence-electron chi connectivity index (χ3n) is 5.34. The van der Waals surface area contributed by atoms with Crippen LogP contribution in [0.15, 0.2) is 53.5 Å². The van der Waals surface area contributed by atoms with Crippen molar-refractivity contribution in [1.29, 1.82) is 0 Å². The molecule has 1 aliphatic rings. The number of nitrogens with one attached hydrogen (secondary N) is 2. The summed E-state index contributed by atoms with van der Waals surface area (Å²) in [6, 6.07) is 14.8. The number of hydrogen-bond donors (Lipinski definition) is 2. The Hall–Kier alpha value is -1.95. The maximum Gasteiger partial charge on any atom is 0.191 e. The molecule has 7 nitrogen and oxygen atoms in total. The molecule has 2 aromatic rings. The minimum atomic E-state index is -0.228. The first kappa shape index (κ1) is 27.3. The lowest BCUT2D eigenvalue weighted by molar-refractivity contribution is 0.0170. The van der Waals surface area contributed by atoms with E-state index in [2.05, 4.69) is 20.5 Å². The van der Waals surface area contributed by atoms with Gasteiger partial charge in [-0.05, 0) is 35.4 Å². The molecular formula is C24H34FIN4O3. The Labute approximate surface area is 212 Å². The quantitative estimate of drug-likeness (QED) is 0.197. The molecule has 182 valence electrons. The molecule has 9 heteroatoms. The van der Waals surface area contributed by atoms with E-state index in [-0.39, 0.29) is 35.8 Å². The van der Waals surface area contributed by atoms with Gasteiger partial charge in [0.1, 0.15) is 18.2 Å². The van der Waals surface area contributed by atoms with Crippen LogP contribution in [0.3, 0.4) is 0 Å². The van der Waals surface area contributed by atoms with Crippen molar-refractivity contribution in [3.8, 4) is 5.75 Å². The second kappa shape index (κ2) is 15.0. The van der Waals surface area contributed by atoms with Crippen LogP contribution in [0, 0.1) is 5.82 Å². The zero-order chi connectivity index (χ0) is 22.6. The van der Waals surface area contributed by atoms with Crippen molar-refractivity contribution in [1.82, 2.24) is 15.5 Å². The summed E-state index contributed by atoms with van der Waals surface area (Å²) in [6.45, 7) is 5.41. The third-order valence-corrected chi connectivity index (χ3v) is 5.34. The van der Waals surface area contributed by atoms with E-state index in [9.17, 15) is 4.39 Å². The highest BCUT2D eigenvalue weighted by molar-refractivity contribution is 14.0. The number of halogens is 2. The second-order valence-corrected chi connectivity index (χ2v) is 7.51. The first-order valence-corrected chi connectivity index (χ1v) is 10.9. The first-order valence-electron chi connectivity index (χ1n) is 10.9. The van der Waals surface area contributed by atoms with Gasteiger partial charge in [0.2, 0.25) is 0 Å². The Kier molecular flexibility index (Phi) is 12.4. The molecule has 0 aliphatic carbocycles. The molecule has 0 spiro atoms.